The van der Waals surface area contributed by atoms with Crippen molar-refractivity contribution in [2.45, 2.75) is 40.3 Å². The van der Waals surface area contributed by atoms with Gasteiger partial charge >= 0.3 is 0 Å². The van der Waals surface area contributed by atoms with Crippen LogP contribution in [0.3, 0.4) is 0 Å². The standard InChI is InChI=1S/C18H22N4O2S/c1-6-21-15-8-7-13(24-5)10-16(15)25-18(21)19-17(23)14-9-12(4)22(20-14)11(2)3/h7-11H,6H2,1-5H3. The van der Waals surface area contributed by atoms with Crippen LogP contribution in [0.4, 0.5) is 0 Å². The molecule has 1 amide bonds. The largest absolute Gasteiger partial charge is 0.497 e. The molecule has 0 spiro atoms. The van der Waals surface area contributed by atoms with Crippen molar-refractivity contribution >= 4 is 27.5 Å². The number of rotatable bonds is 4. The van der Waals surface area contributed by atoms with Gasteiger partial charge in [0.25, 0.3) is 5.91 Å². The van der Waals surface area contributed by atoms with Crippen LogP contribution in [0.15, 0.2) is 29.3 Å². The van der Waals surface area contributed by atoms with E-state index in [0.29, 0.717) is 10.5 Å². The minimum absolute atomic E-state index is 0.207. The molecule has 6 nitrogen and oxygen atoms in total. The Balaban J connectivity index is 2.08. The summed E-state index contributed by atoms with van der Waals surface area (Å²) in [6.07, 6.45) is 0. The predicted molar refractivity (Wildman–Crippen MR) is 99.3 cm³/mol. The molecule has 0 unspecified atom stereocenters. The van der Waals surface area contributed by atoms with E-state index in [1.54, 1.807) is 13.2 Å². The zero-order valence-corrected chi connectivity index (χ0v) is 15.9. The van der Waals surface area contributed by atoms with E-state index in [2.05, 4.69) is 10.1 Å². The highest BCUT2D eigenvalue weighted by molar-refractivity contribution is 7.16. The normalized spacial score (nSPS) is 12.3. The first kappa shape index (κ1) is 17.4. The fraction of sp³-hybridized carbons (Fsp3) is 0.389. The van der Waals surface area contributed by atoms with E-state index < -0.39 is 0 Å². The Kier molecular flexibility index (Phi) is 4.76. The molecule has 25 heavy (non-hydrogen) atoms. The van der Waals surface area contributed by atoms with Crippen molar-refractivity contribution in [3.63, 3.8) is 0 Å². The minimum Gasteiger partial charge on any atom is -0.497 e. The van der Waals surface area contributed by atoms with Gasteiger partial charge in [0.1, 0.15) is 5.75 Å². The fourth-order valence-electron chi connectivity index (χ4n) is 2.83. The summed E-state index contributed by atoms with van der Waals surface area (Å²) in [4.78, 5) is 17.6. The summed E-state index contributed by atoms with van der Waals surface area (Å²) in [5.74, 6) is 0.476. The molecule has 0 fully saturated rings. The lowest BCUT2D eigenvalue weighted by Crippen LogP contribution is -2.16. The fourth-order valence-corrected chi connectivity index (χ4v) is 3.95. The van der Waals surface area contributed by atoms with Gasteiger partial charge in [-0.25, -0.2) is 0 Å². The van der Waals surface area contributed by atoms with Gasteiger partial charge in [0.05, 0.1) is 17.3 Å². The highest BCUT2D eigenvalue weighted by atomic mass is 32.1. The van der Waals surface area contributed by atoms with Gasteiger partial charge in [-0.2, -0.15) is 10.1 Å². The van der Waals surface area contributed by atoms with Crippen molar-refractivity contribution in [1.29, 1.82) is 0 Å². The summed E-state index contributed by atoms with van der Waals surface area (Å²) in [5, 5.41) is 4.39. The van der Waals surface area contributed by atoms with Gasteiger partial charge in [-0.3, -0.25) is 9.48 Å². The minimum atomic E-state index is -0.316. The molecule has 0 aliphatic heterocycles. The molecule has 7 heteroatoms. The molecule has 1 aromatic carbocycles. The Labute approximate surface area is 150 Å². The van der Waals surface area contributed by atoms with Crippen LogP contribution in [-0.4, -0.2) is 27.4 Å². The second kappa shape index (κ2) is 6.84. The van der Waals surface area contributed by atoms with Crippen LogP contribution in [0.2, 0.25) is 0 Å². The Morgan fingerprint density at radius 2 is 2.12 bits per heavy atom. The van der Waals surface area contributed by atoms with Gasteiger partial charge in [0.2, 0.25) is 0 Å². The summed E-state index contributed by atoms with van der Waals surface area (Å²) < 4.78 is 10.2. The number of methoxy groups -OCH3 is 1. The molecule has 0 aliphatic rings. The molecule has 0 radical (unpaired) electrons. The first-order valence-corrected chi connectivity index (χ1v) is 9.08. The maximum Gasteiger partial charge on any atom is 0.300 e. The van der Waals surface area contributed by atoms with E-state index in [1.807, 2.05) is 55.1 Å². The highest BCUT2D eigenvalue weighted by Gasteiger charge is 2.14. The van der Waals surface area contributed by atoms with E-state index in [1.165, 1.54) is 11.3 Å². The zero-order chi connectivity index (χ0) is 18.1. The second-order valence-electron chi connectivity index (χ2n) is 6.09. The number of ether oxygens (including phenoxy) is 1. The number of fused-ring (bicyclic) bond motifs is 1. The summed E-state index contributed by atoms with van der Waals surface area (Å²) in [5.41, 5.74) is 2.38. The van der Waals surface area contributed by atoms with E-state index in [9.17, 15) is 4.79 Å². The number of nitrogens with zero attached hydrogens (tertiary/aromatic N) is 4. The van der Waals surface area contributed by atoms with Gasteiger partial charge in [-0.15, -0.1) is 0 Å². The van der Waals surface area contributed by atoms with E-state index in [0.717, 1.165) is 28.2 Å². The Bertz CT molecular complexity index is 994. The number of carbonyl (C=O) groups is 1. The third-order valence-electron chi connectivity index (χ3n) is 4.03. The zero-order valence-electron chi connectivity index (χ0n) is 15.1. The molecule has 0 saturated carbocycles. The first-order chi connectivity index (χ1) is 11.9. The van der Waals surface area contributed by atoms with Crippen molar-refractivity contribution in [2.75, 3.05) is 7.11 Å². The molecule has 132 valence electrons. The number of aromatic nitrogens is 3. The molecule has 3 aromatic rings. The average Bonchev–Trinajstić information content (AvgIpc) is 3.13. The van der Waals surface area contributed by atoms with Gasteiger partial charge in [0.15, 0.2) is 10.5 Å². The van der Waals surface area contributed by atoms with Gasteiger partial charge in [-0.1, -0.05) is 11.3 Å². The Hall–Kier alpha value is -2.41. The topological polar surface area (TPSA) is 61.4 Å². The number of carbonyl (C=O) groups excluding carboxylic acids is 1. The summed E-state index contributed by atoms with van der Waals surface area (Å²) in [7, 11) is 1.64. The predicted octanol–water partition coefficient (Wildman–Crippen LogP) is 3.56. The lowest BCUT2D eigenvalue weighted by Gasteiger charge is -2.06. The van der Waals surface area contributed by atoms with Gasteiger partial charge < -0.3 is 9.30 Å². The number of amides is 1. The number of hydrogen-bond acceptors (Lipinski definition) is 4. The lowest BCUT2D eigenvalue weighted by molar-refractivity contribution is 0.0992. The summed E-state index contributed by atoms with van der Waals surface area (Å²) in [6.45, 7) is 8.79. The molecule has 2 aromatic heterocycles. The molecule has 0 N–H and O–H groups in total. The second-order valence-corrected chi connectivity index (χ2v) is 7.10. The molecule has 0 aliphatic carbocycles. The van der Waals surface area contributed by atoms with Crippen molar-refractivity contribution in [3.8, 4) is 5.75 Å². The monoisotopic (exact) mass is 358 g/mol. The maximum absolute atomic E-state index is 12.6. The summed E-state index contributed by atoms with van der Waals surface area (Å²) in [6, 6.07) is 7.88. The Morgan fingerprint density at radius 3 is 2.72 bits per heavy atom. The molecular formula is C18H22N4O2S. The SMILES string of the molecule is CCn1c(=NC(=O)c2cc(C)n(C(C)C)n2)sc2cc(OC)ccc21. The molecule has 3 rings (SSSR count). The number of thiazole rings is 1. The molecule has 0 atom stereocenters. The Morgan fingerprint density at radius 1 is 1.36 bits per heavy atom. The maximum atomic E-state index is 12.6. The van der Waals surface area contributed by atoms with Crippen LogP contribution in [0.25, 0.3) is 10.2 Å². The van der Waals surface area contributed by atoms with E-state index in [-0.39, 0.29) is 11.9 Å². The van der Waals surface area contributed by atoms with Crippen LogP contribution in [0, 0.1) is 6.92 Å². The molecule has 0 bridgehead atoms. The van der Waals surface area contributed by atoms with Crippen LogP contribution >= 0.6 is 11.3 Å². The molecule has 0 saturated heterocycles. The quantitative estimate of drug-likeness (QED) is 0.716. The number of hydrogen-bond donors (Lipinski definition) is 0. The van der Waals surface area contributed by atoms with Crippen LogP contribution < -0.4 is 9.54 Å². The van der Waals surface area contributed by atoms with E-state index in [4.69, 9.17) is 4.74 Å². The van der Waals surface area contributed by atoms with Gasteiger partial charge in [-0.05, 0) is 52.0 Å². The smallest absolute Gasteiger partial charge is 0.300 e. The van der Waals surface area contributed by atoms with Crippen LogP contribution in [0.5, 0.6) is 5.75 Å². The lowest BCUT2D eigenvalue weighted by atomic mass is 10.3. The first-order valence-electron chi connectivity index (χ1n) is 8.27. The number of aryl methyl sites for hydroxylation is 2. The molecular weight excluding hydrogens is 336 g/mol. The third-order valence-corrected chi connectivity index (χ3v) is 5.08. The van der Waals surface area contributed by atoms with Gasteiger partial charge in [0, 0.05) is 18.3 Å². The summed E-state index contributed by atoms with van der Waals surface area (Å²) >= 11 is 1.48. The average molecular weight is 358 g/mol. The van der Waals surface area contributed by atoms with E-state index >= 15 is 0 Å². The van der Waals surface area contributed by atoms with Crippen LogP contribution in [0.1, 0.15) is 43.0 Å². The van der Waals surface area contributed by atoms with Crippen molar-refractivity contribution in [1.82, 2.24) is 14.3 Å². The van der Waals surface area contributed by atoms with Crippen molar-refractivity contribution < 1.29 is 9.53 Å². The van der Waals surface area contributed by atoms with Crippen molar-refractivity contribution in [2.24, 2.45) is 4.99 Å². The highest BCUT2D eigenvalue weighted by Crippen LogP contribution is 2.23. The van der Waals surface area contributed by atoms with Crippen molar-refractivity contribution in [3.05, 3.63) is 40.5 Å². The van der Waals surface area contributed by atoms with Crippen LogP contribution in [-0.2, 0) is 6.54 Å². The number of benzene rings is 1. The molecule has 2 heterocycles. The third kappa shape index (κ3) is 3.24.